The number of imidazole rings is 3. The van der Waals surface area contributed by atoms with Gasteiger partial charge < -0.3 is 28.7 Å². The zero-order chi connectivity index (χ0) is 32.5. The fourth-order valence-corrected chi connectivity index (χ4v) is 4.64. The van der Waals surface area contributed by atoms with Crippen LogP contribution in [0.1, 0.15) is 28.2 Å². The Morgan fingerprint density at radius 3 is 1.28 bits per heavy atom. The number of benzene rings is 3. The van der Waals surface area contributed by atoms with Gasteiger partial charge in [-0.15, -0.1) is 95.1 Å². The van der Waals surface area contributed by atoms with Gasteiger partial charge in [-0.25, -0.2) is 0 Å². The monoisotopic (exact) mass is 796 g/mol. The largest absolute Gasteiger partial charge is 3.00 e. The zero-order valence-electron chi connectivity index (χ0n) is 27.2. The van der Waals surface area contributed by atoms with Gasteiger partial charge in [0.05, 0.1) is 26.1 Å². The molecule has 10 heteroatoms. The zero-order valence-corrected chi connectivity index (χ0v) is 29.6. The van der Waals surface area contributed by atoms with Crippen LogP contribution in [0.3, 0.4) is 0 Å². The van der Waals surface area contributed by atoms with E-state index in [1.54, 1.807) is 26.1 Å². The molecule has 3 heterocycles. The van der Waals surface area contributed by atoms with E-state index in [2.05, 4.69) is 33.2 Å². The minimum Gasteiger partial charge on any atom is -0.540 e. The van der Waals surface area contributed by atoms with E-state index in [0.717, 1.165) is 67.7 Å². The average Bonchev–Trinajstić information content (AvgIpc) is 3.72. The molecule has 0 aliphatic carbocycles. The summed E-state index contributed by atoms with van der Waals surface area (Å²) < 4.78 is 11.2. The number of ether oxygens (including phenoxy) is 1. The van der Waals surface area contributed by atoms with Crippen LogP contribution in [-0.4, -0.2) is 46.0 Å². The first-order valence-corrected chi connectivity index (χ1v) is 14.4. The summed E-state index contributed by atoms with van der Waals surface area (Å²) in [5.74, 6) is 0.805. The number of rotatable bonds is 6. The number of nitrogens with zero attached hydrogens (tertiary/aromatic N) is 6. The van der Waals surface area contributed by atoms with Crippen molar-refractivity contribution in [2.24, 2.45) is 21.1 Å². The number of aliphatic hydroxyl groups is 2. The first-order chi connectivity index (χ1) is 21.7. The van der Waals surface area contributed by atoms with Crippen LogP contribution >= 0.6 is 0 Å². The third kappa shape index (κ3) is 8.08. The summed E-state index contributed by atoms with van der Waals surface area (Å²) in [7, 11) is 7.53. The molecule has 0 saturated heterocycles. The molecule has 0 unspecified atom stereocenters. The van der Waals surface area contributed by atoms with Gasteiger partial charge in [-0.1, -0.05) is 5.56 Å². The van der Waals surface area contributed by atoms with Gasteiger partial charge in [-0.05, 0) is 37.9 Å². The molecule has 240 valence electrons. The van der Waals surface area contributed by atoms with Crippen LogP contribution in [-0.2, 0) is 54.5 Å². The van der Waals surface area contributed by atoms with Crippen molar-refractivity contribution in [3.05, 3.63) is 120 Å². The summed E-state index contributed by atoms with van der Waals surface area (Å²) in [5, 5.41) is 18.4. The van der Waals surface area contributed by atoms with Crippen LogP contribution in [0.4, 0.5) is 0 Å². The van der Waals surface area contributed by atoms with E-state index in [0.29, 0.717) is 0 Å². The van der Waals surface area contributed by atoms with Crippen molar-refractivity contribution in [2.45, 2.75) is 34.0 Å². The van der Waals surface area contributed by atoms with Gasteiger partial charge in [0.1, 0.15) is 0 Å². The molecule has 0 bridgehead atoms. The Morgan fingerprint density at radius 2 is 0.957 bits per heavy atom. The average molecular weight is 796 g/mol. The number of methoxy groups -OCH3 is 1. The molecule has 2 N–H and O–H groups in total. The molecule has 46 heavy (non-hydrogen) atoms. The van der Waals surface area contributed by atoms with Gasteiger partial charge in [0.25, 0.3) is 0 Å². The van der Waals surface area contributed by atoms with E-state index in [1.807, 2.05) is 110 Å². The van der Waals surface area contributed by atoms with Crippen molar-refractivity contribution >= 4 is 0 Å². The molecule has 0 atom stereocenters. The molecule has 0 radical (unpaired) electrons. The third-order valence-electron chi connectivity index (χ3n) is 7.67. The fourth-order valence-electron chi connectivity index (χ4n) is 4.64. The second kappa shape index (κ2) is 16.8. The predicted molar refractivity (Wildman–Crippen MR) is 175 cm³/mol. The van der Waals surface area contributed by atoms with E-state index in [1.165, 1.54) is 0 Å². The standard InChI is InChI=1S/3C12H13N2O.Ir/c1-9-12(13-8-14(9)2)10-6-4-5-7-11(10)15-3;2*1-9-12(13-8-14(9)2)11-6-4-3-5-10(11)7-15;/h4-5,7-8H,1-3H3;2*3-5,8,15H,7H2,1-2H3;/q3*-1;+3. The van der Waals surface area contributed by atoms with Crippen molar-refractivity contribution in [3.8, 4) is 39.5 Å². The number of aromatic nitrogens is 6. The first kappa shape index (κ1) is 36.1. The number of aliphatic hydroxyl groups excluding tert-OH is 2. The molecule has 0 amide bonds. The quantitative estimate of drug-likeness (QED) is 0.214. The number of hydrogen-bond acceptors (Lipinski definition) is 6. The number of hydrogen-bond donors (Lipinski definition) is 2. The summed E-state index contributed by atoms with van der Waals surface area (Å²) in [5.41, 5.74) is 10.4. The van der Waals surface area contributed by atoms with Crippen molar-refractivity contribution in [1.82, 2.24) is 28.7 Å². The minimum absolute atomic E-state index is 0. The Hall–Kier alpha value is -4.34. The molecule has 0 saturated carbocycles. The molecule has 6 aromatic rings. The van der Waals surface area contributed by atoms with Crippen LogP contribution in [0.2, 0.25) is 0 Å². The van der Waals surface area contributed by atoms with Crippen LogP contribution in [0.5, 0.6) is 5.75 Å². The van der Waals surface area contributed by atoms with Gasteiger partial charge in [0.15, 0.2) is 0 Å². The molecule has 9 nitrogen and oxygen atoms in total. The third-order valence-corrected chi connectivity index (χ3v) is 7.67. The Labute approximate surface area is 284 Å². The van der Waals surface area contributed by atoms with E-state index >= 15 is 0 Å². The molecule has 0 spiro atoms. The van der Waals surface area contributed by atoms with Crippen molar-refractivity contribution in [1.29, 1.82) is 0 Å². The van der Waals surface area contributed by atoms with E-state index in [-0.39, 0.29) is 33.3 Å². The summed E-state index contributed by atoms with van der Waals surface area (Å²) in [6.45, 7) is 6.07. The van der Waals surface area contributed by atoms with E-state index in [9.17, 15) is 10.2 Å². The Morgan fingerprint density at radius 1 is 0.609 bits per heavy atom. The fraction of sp³-hybridized carbons (Fsp3) is 0.250. The predicted octanol–water partition coefficient (Wildman–Crippen LogP) is 5.58. The molecule has 6 rings (SSSR count). The van der Waals surface area contributed by atoms with Crippen molar-refractivity contribution in [3.63, 3.8) is 0 Å². The second-order valence-electron chi connectivity index (χ2n) is 10.4. The molecule has 3 aromatic carbocycles. The Balaban J connectivity index is 0.000000186. The van der Waals surface area contributed by atoms with Crippen molar-refractivity contribution in [2.75, 3.05) is 7.11 Å². The molecule has 0 aliphatic rings. The topological polar surface area (TPSA) is 103 Å². The van der Waals surface area contributed by atoms with Gasteiger partial charge in [-0.3, -0.25) is 15.0 Å². The second-order valence-corrected chi connectivity index (χ2v) is 10.4. The number of aryl methyl sites for hydroxylation is 3. The van der Waals surface area contributed by atoms with Crippen molar-refractivity contribution < 1.29 is 35.1 Å². The van der Waals surface area contributed by atoms with Gasteiger partial charge in [-0.2, -0.15) is 0 Å². The maximum absolute atomic E-state index is 9.22. The van der Waals surface area contributed by atoms with E-state index in [4.69, 9.17) is 4.74 Å². The van der Waals surface area contributed by atoms with E-state index < -0.39 is 0 Å². The SMILES string of the molecule is COc1ccc[c-]c1-c1ncn(C)c1C.Cc1c(-c2[c-]cccc2CO)ncn1C.Cc1c(-c2[c-]cccc2CO)ncn1C.[Ir+3]. The maximum atomic E-state index is 9.22. The maximum Gasteiger partial charge on any atom is 3.00 e. The minimum atomic E-state index is 0. The van der Waals surface area contributed by atoms with Crippen LogP contribution in [0, 0.1) is 39.0 Å². The molecule has 0 aliphatic heterocycles. The summed E-state index contributed by atoms with van der Waals surface area (Å²) in [4.78, 5) is 13.0. The Kier molecular flexibility index (Phi) is 13.2. The molecular weight excluding hydrogens is 757 g/mol. The molecular formula is C36H39IrN6O3. The van der Waals surface area contributed by atoms with Gasteiger partial charge in [0.2, 0.25) is 0 Å². The van der Waals surface area contributed by atoms with Crippen LogP contribution in [0.25, 0.3) is 33.8 Å². The molecule has 0 fully saturated rings. The first-order valence-electron chi connectivity index (χ1n) is 14.4. The van der Waals surface area contributed by atoms with Gasteiger partial charge in [0, 0.05) is 57.2 Å². The summed E-state index contributed by atoms with van der Waals surface area (Å²) in [6, 6.07) is 26.3. The van der Waals surface area contributed by atoms with Crippen LogP contribution < -0.4 is 4.74 Å². The normalized spacial score (nSPS) is 10.3. The summed E-state index contributed by atoms with van der Waals surface area (Å²) in [6.07, 6.45) is 5.34. The van der Waals surface area contributed by atoms with Crippen LogP contribution in [0.15, 0.2) is 73.6 Å². The summed E-state index contributed by atoms with van der Waals surface area (Å²) >= 11 is 0. The van der Waals surface area contributed by atoms with Gasteiger partial charge >= 0.3 is 20.1 Å². The smallest absolute Gasteiger partial charge is 0.540 e. The Bertz CT molecular complexity index is 1640. The molecule has 3 aromatic heterocycles.